The summed E-state index contributed by atoms with van der Waals surface area (Å²) in [5, 5.41) is 26.7. The van der Waals surface area contributed by atoms with E-state index in [0.29, 0.717) is 26.2 Å². The van der Waals surface area contributed by atoms with Crippen molar-refractivity contribution in [2.45, 2.75) is 53.0 Å². The van der Waals surface area contributed by atoms with E-state index in [-0.39, 0.29) is 40.6 Å². The molecule has 3 aliphatic rings. The molecule has 2 aromatic carbocycles. The third-order valence-corrected chi connectivity index (χ3v) is 12.1. The molecule has 0 bridgehead atoms. The van der Waals surface area contributed by atoms with Gasteiger partial charge in [-0.2, -0.15) is 10.4 Å². The number of nitrogens with one attached hydrogen (secondary N) is 1. The van der Waals surface area contributed by atoms with Gasteiger partial charge in [0, 0.05) is 32.0 Å². The predicted molar refractivity (Wildman–Crippen MR) is 171 cm³/mol. The van der Waals surface area contributed by atoms with Gasteiger partial charge in [0.15, 0.2) is 5.67 Å². The number of likely N-dealkylation sites (tertiary alicyclic amines) is 1. The molecule has 0 spiro atoms. The van der Waals surface area contributed by atoms with Crippen LogP contribution in [-0.4, -0.2) is 79.2 Å². The van der Waals surface area contributed by atoms with Crippen molar-refractivity contribution in [2.24, 2.45) is 24.8 Å². The molecule has 2 aliphatic heterocycles. The molecule has 10 nitrogen and oxygen atoms in total. The Kier molecular flexibility index (Phi) is 8.83. The Morgan fingerprint density at radius 3 is 2.39 bits per heavy atom. The van der Waals surface area contributed by atoms with Gasteiger partial charge in [0.1, 0.15) is 4.90 Å². The Morgan fingerprint density at radius 2 is 1.78 bits per heavy atom. The zero-order valence-electron chi connectivity index (χ0n) is 26.1. The summed E-state index contributed by atoms with van der Waals surface area (Å²) in [6, 6.07) is 19.3. The summed E-state index contributed by atoms with van der Waals surface area (Å²) >= 11 is 0. The molecule has 3 heterocycles. The minimum Gasteiger partial charge on any atom is -0.465 e. The zero-order valence-corrected chi connectivity index (χ0v) is 26.9. The second-order valence-corrected chi connectivity index (χ2v) is 15.2. The van der Waals surface area contributed by atoms with Gasteiger partial charge in [-0.15, -0.1) is 0 Å². The Bertz CT molecular complexity index is 1680. The molecular formula is C34H41FN6O4S. The van der Waals surface area contributed by atoms with Crippen molar-refractivity contribution < 1.29 is 22.7 Å². The van der Waals surface area contributed by atoms with Gasteiger partial charge < -0.3 is 15.3 Å². The van der Waals surface area contributed by atoms with Crippen LogP contribution in [0.2, 0.25) is 0 Å². The summed E-state index contributed by atoms with van der Waals surface area (Å²) in [4.78, 5) is 15.7. The largest absolute Gasteiger partial charge is 0.465 e. The number of hydrogen-bond acceptors (Lipinski definition) is 7. The fraction of sp³-hybridized carbons (Fsp3) is 0.500. The second-order valence-electron chi connectivity index (χ2n) is 13.2. The monoisotopic (exact) mass is 648 g/mol. The van der Waals surface area contributed by atoms with Crippen molar-refractivity contribution in [1.29, 1.82) is 5.26 Å². The van der Waals surface area contributed by atoms with Gasteiger partial charge in [-0.1, -0.05) is 36.8 Å². The molecule has 2 saturated heterocycles. The van der Waals surface area contributed by atoms with E-state index in [1.807, 2.05) is 35.2 Å². The third kappa shape index (κ3) is 6.10. The highest BCUT2D eigenvalue weighted by Crippen LogP contribution is 2.52. The van der Waals surface area contributed by atoms with Gasteiger partial charge in [0.25, 0.3) is 0 Å². The first kappa shape index (κ1) is 32.0. The molecule has 46 heavy (non-hydrogen) atoms. The summed E-state index contributed by atoms with van der Waals surface area (Å²) in [6.07, 6.45) is 6.03. The summed E-state index contributed by atoms with van der Waals surface area (Å²) < 4.78 is 43.2. The first-order valence-electron chi connectivity index (χ1n) is 16.0. The number of sulfone groups is 1. The second kappa shape index (κ2) is 12.7. The van der Waals surface area contributed by atoms with Gasteiger partial charge in [0.2, 0.25) is 9.84 Å². The quantitative estimate of drug-likeness (QED) is 0.325. The van der Waals surface area contributed by atoms with E-state index in [1.165, 1.54) is 17.1 Å². The number of hydrogen-bond donors (Lipinski definition) is 2. The average Bonchev–Trinajstić information content (AvgIpc) is 3.71. The van der Waals surface area contributed by atoms with Gasteiger partial charge in [-0.25, -0.2) is 17.6 Å². The number of benzene rings is 2. The maximum atomic E-state index is 15.9. The normalized spacial score (nSPS) is 23.3. The Morgan fingerprint density at radius 1 is 1.09 bits per heavy atom. The lowest BCUT2D eigenvalue weighted by atomic mass is 9.58. The fourth-order valence-corrected chi connectivity index (χ4v) is 9.43. The third-order valence-electron chi connectivity index (χ3n) is 10.4. The molecule has 1 saturated carbocycles. The topological polar surface area (TPSA) is 132 Å². The molecule has 3 fully saturated rings. The van der Waals surface area contributed by atoms with Crippen LogP contribution in [0.25, 0.3) is 0 Å². The number of anilines is 1. The van der Waals surface area contributed by atoms with E-state index in [1.54, 1.807) is 31.3 Å². The number of nitrogens with zero attached hydrogens (tertiary/aromatic N) is 5. The standard InChI is InChI=1S/C34H41FN6O4S/c1-39-20-30(19-38-39)46(44,45)29-12-10-28(11-13-29)41-23-33(35,24-41)22-40-16-14-27(15-17-40)34(21-36,26-7-3-2-4-8-26)31-9-5-6-25(31)18-37-32(42)43/h2-4,7-8,10-13,19-20,25,27,31,37H,5-6,9,14-18,22-24H2,1H3,(H,42,43)/t25-,31-,34?/m1/s1. The molecule has 1 amide bonds. The van der Waals surface area contributed by atoms with Crippen molar-refractivity contribution in [3.05, 3.63) is 72.6 Å². The number of aromatic nitrogens is 2. The molecule has 3 aromatic rings. The molecule has 2 N–H and O–H groups in total. The highest BCUT2D eigenvalue weighted by Gasteiger charge is 2.53. The number of piperidine rings is 1. The number of halogens is 1. The van der Waals surface area contributed by atoms with Crippen LogP contribution < -0.4 is 10.2 Å². The lowest BCUT2D eigenvalue weighted by Gasteiger charge is -2.50. The predicted octanol–water partition coefficient (Wildman–Crippen LogP) is 4.64. The highest BCUT2D eigenvalue weighted by molar-refractivity contribution is 7.91. The van der Waals surface area contributed by atoms with E-state index in [0.717, 1.165) is 43.4 Å². The van der Waals surface area contributed by atoms with E-state index in [2.05, 4.69) is 21.4 Å². The number of amides is 1. The molecule has 1 aromatic heterocycles. The van der Waals surface area contributed by atoms with Gasteiger partial charge >= 0.3 is 6.09 Å². The molecule has 6 rings (SSSR count). The van der Waals surface area contributed by atoms with E-state index in [9.17, 15) is 23.6 Å². The average molecular weight is 649 g/mol. The first-order valence-corrected chi connectivity index (χ1v) is 17.5. The Balaban J connectivity index is 1.09. The van der Waals surface area contributed by atoms with Gasteiger partial charge in [-0.05, 0) is 86.4 Å². The number of rotatable bonds is 10. The number of carboxylic acid groups (broad SMARTS) is 1. The first-order chi connectivity index (χ1) is 22.0. The molecular weight excluding hydrogens is 607 g/mol. The highest BCUT2D eigenvalue weighted by atomic mass is 32.2. The number of nitriles is 1. The maximum Gasteiger partial charge on any atom is 0.404 e. The van der Waals surface area contributed by atoms with E-state index < -0.39 is 27.0 Å². The van der Waals surface area contributed by atoms with Crippen molar-refractivity contribution in [1.82, 2.24) is 20.0 Å². The molecule has 1 aliphatic carbocycles. The number of carbonyl (C=O) groups is 1. The molecule has 12 heteroatoms. The van der Waals surface area contributed by atoms with Crippen LogP contribution in [0, 0.1) is 29.1 Å². The van der Waals surface area contributed by atoms with Crippen LogP contribution in [0.5, 0.6) is 0 Å². The Hall–Kier alpha value is -3.95. The molecule has 0 radical (unpaired) electrons. The minimum absolute atomic E-state index is 0.0433. The van der Waals surface area contributed by atoms with Crippen molar-refractivity contribution in [3.8, 4) is 6.07 Å². The SMILES string of the molecule is Cn1cc(S(=O)(=O)c2ccc(N3CC(F)(CN4CCC(C(C#N)(c5ccccc5)[C@@H]5CCC[C@@H]5CNC(=O)O)CC4)C3)cc2)cn1. The van der Waals surface area contributed by atoms with E-state index >= 15 is 4.39 Å². The van der Waals surface area contributed by atoms with Crippen LogP contribution in [0.3, 0.4) is 0 Å². The van der Waals surface area contributed by atoms with Crippen molar-refractivity contribution in [2.75, 3.05) is 44.2 Å². The van der Waals surface area contributed by atoms with Crippen LogP contribution in [0.15, 0.2) is 76.8 Å². The van der Waals surface area contributed by atoms with Crippen molar-refractivity contribution >= 4 is 21.6 Å². The molecule has 3 atom stereocenters. The van der Waals surface area contributed by atoms with Crippen LogP contribution in [-0.2, 0) is 22.3 Å². The van der Waals surface area contributed by atoms with Gasteiger partial charge in [-0.3, -0.25) is 9.58 Å². The lowest BCUT2D eigenvalue weighted by Crippen LogP contribution is -2.64. The summed E-state index contributed by atoms with van der Waals surface area (Å²) in [5.41, 5.74) is -0.328. The Labute approximate surface area is 269 Å². The number of alkyl halides is 1. The summed E-state index contributed by atoms with van der Waals surface area (Å²) in [6.45, 7) is 2.50. The summed E-state index contributed by atoms with van der Waals surface area (Å²) in [5.74, 6) is 0.219. The van der Waals surface area contributed by atoms with Crippen LogP contribution >= 0.6 is 0 Å². The maximum absolute atomic E-state index is 15.9. The molecule has 1 unspecified atom stereocenters. The van der Waals surface area contributed by atoms with Gasteiger partial charge in [0.05, 0.1) is 35.7 Å². The smallest absolute Gasteiger partial charge is 0.404 e. The summed E-state index contributed by atoms with van der Waals surface area (Å²) in [7, 11) is -2.01. The van der Waals surface area contributed by atoms with Crippen LogP contribution in [0.1, 0.15) is 37.7 Å². The lowest BCUT2D eigenvalue weighted by molar-refractivity contribution is 0.0340. The van der Waals surface area contributed by atoms with E-state index in [4.69, 9.17) is 0 Å². The number of aryl methyl sites for hydroxylation is 1. The zero-order chi connectivity index (χ0) is 32.5. The minimum atomic E-state index is -3.67. The fourth-order valence-electron chi connectivity index (χ4n) is 8.18. The van der Waals surface area contributed by atoms with Crippen molar-refractivity contribution in [3.63, 3.8) is 0 Å². The van der Waals surface area contributed by atoms with Crippen LogP contribution in [0.4, 0.5) is 14.9 Å². The molecule has 244 valence electrons.